The van der Waals surface area contributed by atoms with Crippen LogP contribution < -0.4 is 10.6 Å². The van der Waals surface area contributed by atoms with Crippen LogP contribution in [0.15, 0.2) is 24.4 Å². The molecule has 2 amide bonds. The number of urea groups is 1. The van der Waals surface area contributed by atoms with Gasteiger partial charge >= 0.3 is 6.03 Å². The molecule has 90 valence electrons. The van der Waals surface area contributed by atoms with Gasteiger partial charge < -0.3 is 15.6 Å². The standard InChI is InChI=1S/C12H14ClN3O/c1-14-12(17)15-5-4-8-7-16-11-3-2-9(13)6-10(8)11/h2-3,6-7,16H,4-5H2,1H3,(H2,14,15,17). The molecule has 1 aromatic heterocycles. The van der Waals surface area contributed by atoms with Crippen molar-refractivity contribution in [3.8, 4) is 0 Å². The molecule has 0 bridgehead atoms. The van der Waals surface area contributed by atoms with E-state index in [1.54, 1.807) is 7.05 Å². The molecule has 0 fully saturated rings. The fraction of sp³-hybridized carbons (Fsp3) is 0.250. The number of aromatic nitrogens is 1. The van der Waals surface area contributed by atoms with Gasteiger partial charge in [0, 0.05) is 35.7 Å². The average molecular weight is 252 g/mol. The Bertz CT molecular complexity index is 536. The molecule has 3 N–H and O–H groups in total. The van der Waals surface area contributed by atoms with Crippen LogP contribution in [0.5, 0.6) is 0 Å². The van der Waals surface area contributed by atoms with Gasteiger partial charge in [-0.05, 0) is 30.2 Å². The molecule has 1 aromatic carbocycles. The number of hydrogen-bond donors (Lipinski definition) is 3. The minimum Gasteiger partial charge on any atom is -0.361 e. The predicted octanol–water partition coefficient (Wildman–Crippen LogP) is 2.29. The van der Waals surface area contributed by atoms with E-state index in [0.29, 0.717) is 6.54 Å². The molecule has 0 aliphatic carbocycles. The average Bonchev–Trinajstić information content (AvgIpc) is 2.72. The van der Waals surface area contributed by atoms with E-state index in [4.69, 9.17) is 11.6 Å². The van der Waals surface area contributed by atoms with Crippen molar-refractivity contribution in [1.82, 2.24) is 15.6 Å². The zero-order chi connectivity index (χ0) is 12.3. The number of carbonyl (C=O) groups is 1. The lowest BCUT2D eigenvalue weighted by Gasteiger charge is -2.03. The lowest BCUT2D eigenvalue weighted by atomic mass is 10.1. The molecule has 0 aliphatic rings. The number of benzene rings is 1. The second kappa shape index (κ2) is 5.10. The molecule has 0 saturated heterocycles. The summed E-state index contributed by atoms with van der Waals surface area (Å²) in [6.07, 6.45) is 2.72. The van der Waals surface area contributed by atoms with E-state index in [1.165, 1.54) is 0 Å². The molecule has 5 heteroatoms. The number of hydrogen-bond acceptors (Lipinski definition) is 1. The van der Waals surface area contributed by atoms with Gasteiger partial charge in [-0.15, -0.1) is 0 Å². The van der Waals surface area contributed by atoms with Crippen molar-refractivity contribution in [2.24, 2.45) is 0 Å². The van der Waals surface area contributed by atoms with Gasteiger partial charge in [-0.3, -0.25) is 0 Å². The summed E-state index contributed by atoms with van der Waals surface area (Å²) in [6.45, 7) is 0.596. The zero-order valence-electron chi connectivity index (χ0n) is 9.51. The molecule has 0 unspecified atom stereocenters. The van der Waals surface area contributed by atoms with Gasteiger partial charge in [0.15, 0.2) is 0 Å². The zero-order valence-corrected chi connectivity index (χ0v) is 10.3. The number of aromatic amines is 1. The Labute approximate surface area is 104 Å². The molecule has 2 rings (SSSR count). The van der Waals surface area contributed by atoms with Gasteiger partial charge in [-0.2, -0.15) is 0 Å². The van der Waals surface area contributed by atoms with Crippen LogP contribution in [0, 0.1) is 0 Å². The van der Waals surface area contributed by atoms with Gasteiger partial charge in [0.2, 0.25) is 0 Å². The van der Waals surface area contributed by atoms with E-state index in [2.05, 4.69) is 15.6 Å². The Hall–Kier alpha value is -1.68. The monoisotopic (exact) mass is 251 g/mol. The molecule has 0 saturated carbocycles. The molecular formula is C12H14ClN3O. The Morgan fingerprint density at radius 3 is 3.06 bits per heavy atom. The van der Waals surface area contributed by atoms with Crippen LogP contribution in [-0.4, -0.2) is 24.6 Å². The Morgan fingerprint density at radius 1 is 1.47 bits per heavy atom. The summed E-state index contributed by atoms with van der Waals surface area (Å²) >= 11 is 5.96. The summed E-state index contributed by atoms with van der Waals surface area (Å²) in [5.74, 6) is 0. The summed E-state index contributed by atoms with van der Waals surface area (Å²) < 4.78 is 0. The van der Waals surface area contributed by atoms with E-state index in [0.717, 1.165) is 27.9 Å². The van der Waals surface area contributed by atoms with Crippen LogP contribution in [0.2, 0.25) is 5.02 Å². The van der Waals surface area contributed by atoms with Crippen LogP contribution in [0.4, 0.5) is 4.79 Å². The summed E-state index contributed by atoms with van der Waals surface area (Å²) in [5.41, 5.74) is 2.21. The number of amides is 2. The van der Waals surface area contributed by atoms with Crippen LogP contribution >= 0.6 is 11.6 Å². The third-order valence-electron chi connectivity index (χ3n) is 2.64. The topological polar surface area (TPSA) is 56.9 Å². The van der Waals surface area contributed by atoms with Crippen molar-refractivity contribution < 1.29 is 4.79 Å². The lowest BCUT2D eigenvalue weighted by molar-refractivity contribution is 0.243. The van der Waals surface area contributed by atoms with E-state index < -0.39 is 0 Å². The smallest absolute Gasteiger partial charge is 0.314 e. The summed E-state index contributed by atoms with van der Waals surface area (Å²) in [6, 6.07) is 5.57. The van der Waals surface area contributed by atoms with Gasteiger partial charge in [0.1, 0.15) is 0 Å². The lowest BCUT2D eigenvalue weighted by Crippen LogP contribution is -2.33. The fourth-order valence-corrected chi connectivity index (χ4v) is 1.93. The molecule has 17 heavy (non-hydrogen) atoms. The second-order valence-corrected chi connectivity index (χ2v) is 4.20. The SMILES string of the molecule is CNC(=O)NCCc1c[nH]c2ccc(Cl)cc12. The van der Waals surface area contributed by atoms with Crippen molar-refractivity contribution in [2.45, 2.75) is 6.42 Å². The largest absolute Gasteiger partial charge is 0.361 e. The van der Waals surface area contributed by atoms with Crippen molar-refractivity contribution in [2.75, 3.05) is 13.6 Å². The van der Waals surface area contributed by atoms with Gasteiger partial charge in [0.05, 0.1) is 0 Å². The van der Waals surface area contributed by atoms with Crippen molar-refractivity contribution in [1.29, 1.82) is 0 Å². The van der Waals surface area contributed by atoms with E-state index >= 15 is 0 Å². The Balaban J connectivity index is 2.08. The molecular weight excluding hydrogens is 238 g/mol. The van der Waals surface area contributed by atoms with Gasteiger partial charge in [0.25, 0.3) is 0 Å². The number of halogens is 1. The highest BCUT2D eigenvalue weighted by atomic mass is 35.5. The maximum absolute atomic E-state index is 11.0. The van der Waals surface area contributed by atoms with E-state index in [1.807, 2.05) is 24.4 Å². The first-order chi connectivity index (χ1) is 8.20. The van der Waals surface area contributed by atoms with Gasteiger partial charge in [-0.1, -0.05) is 11.6 Å². The first-order valence-electron chi connectivity index (χ1n) is 5.42. The molecule has 0 atom stereocenters. The normalized spacial score (nSPS) is 10.5. The number of carbonyl (C=O) groups excluding carboxylic acids is 1. The summed E-state index contributed by atoms with van der Waals surface area (Å²) in [5, 5.41) is 7.09. The quantitative estimate of drug-likeness (QED) is 0.770. The minimum atomic E-state index is -0.164. The number of fused-ring (bicyclic) bond motifs is 1. The van der Waals surface area contributed by atoms with Crippen LogP contribution in [0.25, 0.3) is 10.9 Å². The van der Waals surface area contributed by atoms with Crippen LogP contribution in [0.3, 0.4) is 0 Å². The second-order valence-electron chi connectivity index (χ2n) is 3.76. The number of nitrogens with one attached hydrogen (secondary N) is 3. The highest BCUT2D eigenvalue weighted by Crippen LogP contribution is 2.22. The molecule has 2 aromatic rings. The van der Waals surface area contributed by atoms with E-state index in [9.17, 15) is 4.79 Å². The van der Waals surface area contributed by atoms with E-state index in [-0.39, 0.29) is 6.03 Å². The van der Waals surface area contributed by atoms with Gasteiger partial charge in [-0.25, -0.2) is 4.79 Å². The summed E-state index contributed by atoms with van der Waals surface area (Å²) in [4.78, 5) is 14.2. The maximum atomic E-state index is 11.0. The number of rotatable bonds is 3. The first kappa shape index (κ1) is 11.8. The molecule has 0 aliphatic heterocycles. The third-order valence-corrected chi connectivity index (χ3v) is 2.87. The fourth-order valence-electron chi connectivity index (χ4n) is 1.76. The van der Waals surface area contributed by atoms with Crippen molar-refractivity contribution in [3.05, 3.63) is 35.0 Å². The number of H-pyrrole nitrogens is 1. The minimum absolute atomic E-state index is 0.164. The summed E-state index contributed by atoms with van der Waals surface area (Å²) in [7, 11) is 1.60. The molecule has 4 nitrogen and oxygen atoms in total. The molecule has 0 spiro atoms. The maximum Gasteiger partial charge on any atom is 0.314 e. The molecule has 0 radical (unpaired) electrons. The highest BCUT2D eigenvalue weighted by Gasteiger charge is 2.04. The van der Waals surface area contributed by atoms with Crippen molar-refractivity contribution >= 4 is 28.5 Å². The molecule has 1 heterocycles. The van der Waals surface area contributed by atoms with Crippen LogP contribution in [-0.2, 0) is 6.42 Å². The third kappa shape index (κ3) is 2.71. The Morgan fingerprint density at radius 2 is 2.29 bits per heavy atom. The van der Waals surface area contributed by atoms with Crippen molar-refractivity contribution in [3.63, 3.8) is 0 Å². The Kier molecular flexibility index (Phi) is 3.54. The predicted molar refractivity (Wildman–Crippen MR) is 69.5 cm³/mol. The first-order valence-corrected chi connectivity index (χ1v) is 5.79. The highest BCUT2D eigenvalue weighted by molar-refractivity contribution is 6.31. The van der Waals surface area contributed by atoms with Crippen LogP contribution in [0.1, 0.15) is 5.56 Å².